The number of nitrogens with one attached hydrogen (secondary N) is 2. The quantitative estimate of drug-likeness (QED) is 0.254. The SMILES string of the molecule is C1=C(c2ccc(-c3ccc(-c4ccc5[nH]c(C6CCCC6)nc5n4)c4c3CC3(CCCC3)C4)cc2)CC([C@@H]2CCCN2)=N1. The van der Waals surface area contributed by atoms with Crippen molar-refractivity contribution in [2.75, 3.05) is 6.54 Å². The van der Waals surface area contributed by atoms with Gasteiger partial charge >= 0.3 is 0 Å². The van der Waals surface area contributed by atoms with Crippen molar-refractivity contribution in [2.24, 2.45) is 10.4 Å². The molecule has 2 aliphatic heterocycles. The average molecular weight is 568 g/mol. The summed E-state index contributed by atoms with van der Waals surface area (Å²) in [7, 11) is 0. The van der Waals surface area contributed by atoms with Gasteiger partial charge in [-0.25, -0.2) is 9.97 Å². The molecule has 2 N–H and O–H groups in total. The molecule has 4 aromatic rings. The predicted octanol–water partition coefficient (Wildman–Crippen LogP) is 8.55. The van der Waals surface area contributed by atoms with Crippen molar-refractivity contribution in [1.29, 1.82) is 0 Å². The van der Waals surface area contributed by atoms with E-state index in [-0.39, 0.29) is 0 Å². The molecule has 1 spiro atoms. The van der Waals surface area contributed by atoms with Gasteiger partial charge in [-0.15, -0.1) is 0 Å². The van der Waals surface area contributed by atoms with Crippen LogP contribution in [0.2, 0.25) is 0 Å². The molecule has 2 aromatic carbocycles. The summed E-state index contributed by atoms with van der Waals surface area (Å²) in [6, 6.07) is 18.9. The molecule has 2 aromatic heterocycles. The first-order valence-electron chi connectivity index (χ1n) is 16.8. The molecule has 0 amide bonds. The lowest BCUT2D eigenvalue weighted by atomic mass is 9.82. The molecule has 0 unspecified atom stereocenters. The van der Waals surface area contributed by atoms with Crippen molar-refractivity contribution in [2.45, 2.75) is 95.4 Å². The van der Waals surface area contributed by atoms with Gasteiger partial charge in [0.15, 0.2) is 5.65 Å². The predicted molar refractivity (Wildman–Crippen MR) is 175 cm³/mol. The van der Waals surface area contributed by atoms with E-state index in [4.69, 9.17) is 15.0 Å². The molecular formula is C38H41N5. The Morgan fingerprint density at radius 3 is 2.28 bits per heavy atom. The summed E-state index contributed by atoms with van der Waals surface area (Å²) >= 11 is 0. The molecular weight excluding hydrogens is 526 g/mol. The first-order chi connectivity index (χ1) is 21.2. The number of fused-ring (bicyclic) bond motifs is 2. The first-order valence-corrected chi connectivity index (χ1v) is 16.8. The number of rotatable bonds is 5. The number of benzene rings is 2. The maximum atomic E-state index is 5.16. The van der Waals surface area contributed by atoms with Gasteiger partial charge < -0.3 is 10.3 Å². The molecule has 3 aliphatic carbocycles. The normalized spacial score (nSPS) is 23.0. The van der Waals surface area contributed by atoms with Crippen molar-refractivity contribution in [3.8, 4) is 22.4 Å². The Labute approximate surface area is 254 Å². The second-order valence-corrected chi connectivity index (χ2v) is 14.0. The number of aromatic amines is 1. The van der Waals surface area contributed by atoms with Crippen molar-refractivity contribution in [1.82, 2.24) is 20.3 Å². The van der Waals surface area contributed by atoms with E-state index in [1.165, 1.54) is 116 Å². The molecule has 0 radical (unpaired) electrons. The van der Waals surface area contributed by atoms with Crippen LogP contribution < -0.4 is 5.32 Å². The Morgan fingerprint density at radius 1 is 0.721 bits per heavy atom. The number of nitrogens with zero attached hydrogens (tertiary/aromatic N) is 3. The smallest absolute Gasteiger partial charge is 0.178 e. The highest BCUT2D eigenvalue weighted by Gasteiger charge is 2.41. The Balaban J connectivity index is 1.04. The van der Waals surface area contributed by atoms with E-state index in [1.807, 2.05) is 0 Å². The van der Waals surface area contributed by atoms with Crippen molar-refractivity contribution >= 4 is 22.4 Å². The van der Waals surface area contributed by atoms with Gasteiger partial charge in [0, 0.05) is 35.9 Å². The molecule has 0 bridgehead atoms. The largest absolute Gasteiger partial charge is 0.340 e. The molecule has 2 saturated carbocycles. The fraction of sp³-hybridized carbons (Fsp3) is 0.447. The maximum Gasteiger partial charge on any atom is 0.178 e. The van der Waals surface area contributed by atoms with Gasteiger partial charge in [0.2, 0.25) is 0 Å². The lowest BCUT2D eigenvalue weighted by molar-refractivity contribution is 0.318. The van der Waals surface area contributed by atoms with Crippen LogP contribution in [0.4, 0.5) is 0 Å². The third kappa shape index (κ3) is 4.50. The van der Waals surface area contributed by atoms with E-state index in [0.29, 0.717) is 17.4 Å². The van der Waals surface area contributed by atoms with Crippen molar-refractivity contribution in [3.05, 3.63) is 77.2 Å². The standard InChI is InChI=1S/C38H41N5/c1-2-7-26(6-1)36-42-34-16-15-32(41-37(34)43-36)29-14-13-28(30-21-38(22-31(29)30)17-3-4-18-38)25-11-9-24(10-12-25)27-20-35(40-23-27)33-8-5-19-39-33/h9-16,23,26,33,39H,1-8,17-22H2,(H,41,42,43)/t33-/m0/s1. The molecule has 5 heteroatoms. The Hall–Kier alpha value is -3.57. The molecule has 5 nitrogen and oxygen atoms in total. The highest BCUT2D eigenvalue weighted by atomic mass is 15.0. The molecule has 218 valence electrons. The monoisotopic (exact) mass is 567 g/mol. The molecule has 3 fully saturated rings. The van der Waals surface area contributed by atoms with Crippen molar-refractivity contribution < 1.29 is 0 Å². The first kappa shape index (κ1) is 25.9. The van der Waals surface area contributed by atoms with Gasteiger partial charge in [-0.1, -0.05) is 62.1 Å². The zero-order valence-corrected chi connectivity index (χ0v) is 25.1. The van der Waals surface area contributed by atoms with Crippen LogP contribution in [0.3, 0.4) is 0 Å². The van der Waals surface area contributed by atoms with Crippen LogP contribution in [0, 0.1) is 5.41 Å². The number of aliphatic imine (C=N–C) groups is 1. The third-order valence-corrected chi connectivity index (χ3v) is 11.4. The molecule has 43 heavy (non-hydrogen) atoms. The van der Waals surface area contributed by atoms with Crippen LogP contribution in [-0.4, -0.2) is 33.3 Å². The summed E-state index contributed by atoms with van der Waals surface area (Å²) in [5.74, 6) is 1.70. The Bertz CT molecular complexity index is 1760. The molecule has 4 heterocycles. The van der Waals surface area contributed by atoms with E-state index in [1.54, 1.807) is 5.56 Å². The van der Waals surface area contributed by atoms with Gasteiger partial charge in [-0.3, -0.25) is 4.99 Å². The van der Waals surface area contributed by atoms with E-state index in [9.17, 15) is 0 Å². The minimum absolute atomic E-state index is 0.426. The van der Waals surface area contributed by atoms with Crippen LogP contribution in [-0.2, 0) is 12.8 Å². The summed E-state index contributed by atoms with van der Waals surface area (Å²) in [6.45, 7) is 1.12. The number of H-pyrrole nitrogens is 1. The van der Waals surface area contributed by atoms with Gasteiger partial charge in [-0.2, -0.15) is 0 Å². The lowest BCUT2D eigenvalue weighted by Crippen LogP contribution is -2.29. The van der Waals surface area contributed by atoms with Crippen LogP contribution in [0.25, 0.3) is 39.1 Å². The minimum Gasteiger partial charge on any atom is -0.340 e. The van der Waals surface area contributed by atoms with Crippen LogP contribution >= 0.6 is 0 Å². The van der Waals surface area contributed by atoms with E-state index < -0.39 is 0 Å². The fourth-order valence-corrected chi connectivity index (χ4v) is 9.02. The number of hydrogen-bond donors (Lipinski definition) is 2. The van der Waals surface area contributed by atoms with Crippen LogP contribution in [0.15, 0.2) is 59.7 Å². The van der Waals surface area contributed by atoms with Gasteiger partial charge in [0.25, 0.3) is 0 Å². The van der Waals surface area contributed by atoms with Gasteiger partial charge in [0.05, 0.1) is 11.2 Å². The minimum atomic E-state index is 0.426. The van der Waals surface area contributed by atoms with Crippen molar-refractivity contribution in [3.63, 3.8) is 0 Å². The number of allylic oxidation sites excluding steroid dienone is 1. The zero-order valence-electron chi connectivity index (χ0n) is 25.1. The summed E-state index contributed by atoms with van der Waals surface area (Å²) < 4.78 is 0. The molecule has 9 rings (SSSR count). The topological polar surface area (TPSA) is 66.0 Å². The Morgan fingerprint density at radius 2 is 1.49 bits per heavy atom. The second kappa shape index (κ2) is 10.3. The van der Waals surface area contributed by atoms with E-state index in [0.717, 1.165) is 35.6 Å². The number of aromatic nitrogens is 3. The second-order valence-electron chi connectivity index (χ2n) is 14.0. The zero-order chi connectivity index (χ0) is 28.4. The summed E-state index contributed by atoms with van der Waals surface area (Å²) in [5, 5.41) is 3.61. The van der Waals surface area contributed by atoms with E-state index >= 15 is 0 Å². The highest BCUT2D eigenvalue weighted by molar-refractivity contribution is 6.01. The summed E-state index contributed by atoms with van der Waals surface area (Å²) in [5.41, 5.74) is 14.5. The highest BCUT2D eigenvalue weighted by Crippen LogP contribution is 2.53. The van der Waals surface area contributed by atoms with Crippen LogP contribution in [0.1, 0.15) is 99.1 Å². The molecule has 5 aliphatic rings. The van der Waals surface area contributed by atoms with E-state index in [2.05, 4.69) is 65.0 Å². The Kier molecular flexibility index (Phi) is 6.18. The molecule has 1 saturated heterocycles. The lowest BCUT2D eigenvalue weighted by Gasteiger charge is -2.22. The van der Waals surface area contributed by atoms with Crippen LogP contribution in [0.5, 0.6) is 0 Å². The third-order valence-electron chi connectivity index (χ3n) is 11.4. The number of imidazole rings is 1. The summed E-state index contributed by atoms with van der Waals surface area (Å²) in [6.07, 6.45) is 18.5. The van der Waals surface area contributed by atoms with Gasteiger partial charge in [-0.05, 0) is 109 Å². The number of hydrogen-bond acceptors (Lipinski definition) is 4. The number of pyridine rings is 1. The maximum absolute atomic E-state index is 5.16. The average Bonchev–Trinajstić information content (AvgIpc) is 3.88. The summed E-state index contributed by atoms with van der Waals surface area (Å²) in [4.78, 5) is 18.5. The fourth-order valence-electron chi connectivity index (χ4n) is 9.02. The van der Waals surface area contributed by atoms with Gasteiger partial charge in [0.1, 0.15) is 5.82 Å². The molecule has 1 atom stereocenters.